The van der Waals surface area contributed by atoms with Crippen molar-refractivity contribution in [2.75, 3.05) is 26.2 Å². The van der Waals surface area contributed by atoms with E-state index in [1.54, 1.807) is 24.3 Å². The Morgan fingerprint density at radius 1 is 1.03 bits per heavy atom. The maximum absolute atomic E-state index is 12.6. The summed E-state index contributed by atoms with van der Waals surface area (Å²) >= 11 is 6.04. The molecular formula is C20H20ClN3O4S. The summed E-state index contributed by atoms with van der Waals surface area (Å²) in [6, 6.07) is 14.3. The highest BCUT2D eigenvalue weighted by Gasteiger charge is 2.25. The van der Waals surface area contributed by atoms with Crippen LogP contribution in [0, 0.1) is 0 Å². The van der Waals surface area contributed by atoms with Gasteiger partial charge in [0, 0.05) is 36.6 Å². The van der Waals surface area contributed by atoms with E-state index in [1.165, 1.54) is 14.3 Å². The van der Waals surface area contributed by atoms with Gasteiger partial charge in [-0.05, 0) is 29.8 Å². The first-order valence-corrected chi connectivity index (χ1v) is 11.0. The summed E-state index contributed by atoms with van der Waals surface area (Å²) in [7, 11) is -3.49. The monoisotopic (exact) mass is 433 g/mol. The van der Waals surface area contributed by atoms with E-state index in [0.717, 1.165) is 5.56 Å². The summed E-state index contributed by atoms with van der Waals surface area (Å²) in [6.07, 6.45) is 1.60. The van der Waals surface area contributed by atoms with Crippen LogP contribution in [0.3, 0.4) is 0 Å². The van der Waals surface area contributed by atoms with Crippen molar-refractivity contribution in [3.8, 4) is 0 Å². The molecule has 1 aromatic heterocycles. The van der Waals surface area contributed by atoms with E-state index in [4.69, 9.17) is 16.0 Å². The quantitative estimate of drug-likeness (QED) is 0.618. The van der Waals surface area contributed by atoms with Gasteiger partial charge in [0.05, 0.1) is 12.2 Å². The number of benzene rings is 2. The first-order chi connectivity index (χ1) is 13.9. The van der Waals surface area contributed by atoms with E-state index >= 15 is 0 Å². The van der Waals surface area contributed by atoms with Gasteiger partial charge in [-0.3, -0.25) is 9.47 Å². The smallest absolute Gasteiger partial charge is 0.408 e. The maximum Gasteiger partial charge on any atom is 0.421 e. The highest BCUT2D eigenvalue weighted by Crippen LogP contribution is 2.19. The zero-order valence-electron chi connectivity index (χ0n) is 15.6. The van der Waals surface area contributed by atoms with Crippen molar-refractivity contribution in [3.05, 3.63) is 75.1 Å². The molecule has 0 saturated carbocycles. The predicted octanol–water partition coefficient (Wildman–Crippen LogP) is 2.82. The predicted molar refractivity (Wildman–Crippen MR) is 113 cm³/mol. The zero-order chi connectivity index (χ0) is 20.4. The maximum atomic E-state index is 12.6. The molecule has 1 fully saturated rings. The van der Waals surface area contributed by atoms with Gasteiger partial charge in [-0.15, -0.1) is 0 Å². The molecule has 1 aliphatic heterocycles. The number of oxazole rings is 1. The van der Waals surface area contributed by atoms with Crippen molar-refractivity contribution in [2.45, 2.75) is 6.67 Å². The third kappa shape index (κ3) is 4.45. The van der Waals surface area contributed by atoms with Crippen molar-refractivity contribution in [2.24, 2.45) is 0 Å². The molecule has 0 spiro atoms. The summed E-state index contributed by atoms with van der Waals surface area (Å²) in [5.41, 5.74) is 1.94. The summed E-state index contributed by atoms with van der Waals surface area (Å²) in [4.78, 5) is 14.2. The van der Waals surface area contributed by atoms with Crippen LogP contribution < -0.4 is 5.76 Å². The molecule has 0 bridgehead atoms. The average Bonchev–Trinajstić information content (AvgIpc) is 3.02. The van der Waals surface area contributed by atoms with Gasteiger partial charge < -0.3 is 4.42 Å². The van der Waals surface area contributed by atoms with Crippen molar-refractivity contribution >= 4 is 38.8 Å². The van der Waals surface area contributed by atoms with Crippen LogP contribution in [0.2, 0.25) is 5.02 Å². The molecule has 2 heterocycles. The van der Waals surface area contributed by atoms with Crippen LogP contribution >= 0.6 is 11.6 Å². The van der Waals surface area contributed by atoms with Crippen LogP contribution in [0.5, 0.6) is 0 Å². The Morgan fingerprint density at radius 2 is 1.76 bits per heavy atom. The van der Waals surface area contributed by atoms with Crippen LogP contribution in [0.25, 0.3) is 17.2 Å². The number of rotatable bonds is 5. The molecule has 2 aromatic carbocycles. The van der Waals surface area contributed by atoms with Crippen LogP contribution in [-0.4, -0.2) is 48.4 Å². The highest BCUT2D eigenvalue weighted by molar-refractivity contribution is 7.92. The molecule has 0 N–H and O–H groups in total. The number of nitrogens with zero attached hydrogens (tertiary/aromatic N) is 3. The molecule has 0 amide bonds. The topological polar surface area (TPSA) is 75.8 Å². The van der Waals surface area contributed by atoms with Gasteiger partial charge in [-0.1, -0.05) is 41.9 Å². The minimum atomic E-state index is -3.49. The third-order valence-corrected chi connectivity index (χ3v) is 6.69. The molecule has 0 atom stereocenters. The SMILES string of the molecule is O=c1oc2ccc(Cl)cc2n1CN1CCN(S(=O)(=O)/C=C/c2ccccc2)CC1. The zero-order valence-corrected chi connectivity index (χ0v) is 17.1. The summed E-state index contributed by atoms with van der Waals surface area (Å²) < 4.78 is 33.4. The highest BCUT2D eigenvalue weighted by atomic mass is 35.5. The van der Waals surface area contributed by atoms with Gasteiger partial charge in [0.1, 0.15) is 0 Å². The Kier molecular flexibility index (Phi) is 5.60. The fourth-order valence-electron chi connectivity index (χ4n) is 3.31. The molecule has 7 nitrogen and oxygen atoms in total. The van der Waals surface area contributed by atoms with Gasteiger partial charge >= 0.3 is 5.76 Å². The van der Waals surface area contributed by atoms with E-state index < -0.39 is 15.8 Å². The molecule has 4 rings (SSSR count). The van der Waals surface area contributed by atoms with Gasteiger partial charge in [0.25, 0.3) is 0 Å². The number of fused-ring (bicyclic) bond motifs is 1. The normalized spacial score (nSPS) is 16.7. The first-order valence-electron chi connectivity index (χ1n) is 9.17. The lowest BCUT2D eigenvalue weighted by Gasteiger charge is -2.33. The summed E-state index contributed by atoms with van der Waals surface area (Å²) in [5.74, 6) is -0.455. The Balaban J connectivity index is 1.42. The minimum absolute atomic E-state index is 0.319. The standard InChI is InChI=1S/C20H20ClN3O4S/c21-17-6-7-19-18(14-17)24(20(25)28-19)15-22-9-11-23(12-10-22)29(26,27)13-8-16-4-2-1-3-5-16/h1-8,13-14H,9-12,15H2/b13-8+. The molecular weight excluding hydrogens is 414 g/mol. The number of aromatic nitrogens is 1. The van der Waals surface area contributed by atoms with Crippen LogP contribution in [-0.2, 0) is 16.7 Å². The molecule has 29 heavy (non-hydrogen) atoms. The van der Waals surface area contributed by atoms with Crippen molar-refractivity contribution < 1.29 is 12.8 Å². The molecule has 0 unspecified atom stereocenters. The third-order valence-electron chi connectivity index (χ3n) is 4.89. The van der Waals surface area contributed by atoms with E-state index in [-0.39, 0.29) is 0 Å². The second-order valence-corrected chi connectivity index (χ2v) is 9.08. The fourth-order valence-corrected chi connectivity index (χ4v) is 4.65. The Bertz CT molecular complexity index is 1190. The molecule has 3 aromatic rings. The molecule has 1 saturated heterocycles. The van der Waals surface area contributed by atoms with Gasteiger partial charge in [-0.2, -0.15) is 4.31 Å². The van der Waals surface area contributed by atoms with Gasteiger partial charge in [-0.25, -0.2) is 13.2 Å². The largest absolute Gasteiger partial charge is 0.421 e. The molecule has 1 aliphatic rings. The van der Waals surface area contributed by atoms with Gasteiger partial charge in [0.2, 0.25) is 10.0 Å². The fraction of sp³-hybridized carbons (Fsp3) is 0.250. The van der Waals surface area contributed by atoms with Gasteiger partial charge in [0.15, 0.2) is 5.58 Å². The Hall–Kier alpha value is -2.39. The minimum Gasteiger partial charge on any atom is -0.408 e. The van der Waals surface area contributed by atoms with Crippen LogP contribution in [0.1, 0.15) is 5.56 Å². The molecule has 0 aliphatic carbocycles. The number of hydrogen-bond donors (Lipinski definition) is 0. The second-order valence-electron chi connectivity index (χ2n) is 6.82. The van der Waals surface area contributed by atoms with Crippen molar-refractivity contribution in [1.29, 1.82) is 0 Å². The Morgan fingerprint density at radius 3 is 2.48 bits per heavy atom. The molecule has 9 heteroatoms. The molecule has 0 radical (unpaired) electrons. The first kappa shape index (κ1) is 19.9. The van der Waals surface area contributed by atoms with Crippen LogP contribution in [0.4, 0.5) is 0 Å². The second kappa shape index (κ2) is 8.16. The Labute approximate surface area is 173 Å². The number of sulfonamides is 1. The lowest BCUT2D eigenvalue weighted by molar-refractivity contribution is 0.151. The molecule has 152 valence electrons. The average molecular weight is 434 g/mol. The lowest BCUT2D eigenvalue weighted by Crippen LogP contribution is -2.48. The van der Waals surface area contributed by atoms with E-state index in [1.807, 2.05) is 35.2 Å². The number of piperazine rings is 1. The lowest BCUT2D eigenvalue weighted by atomic mass is 10.2. The van der Waals surface area contributed by atoms with Crippen molar-refractivity contribution in [1.82, 2.24) is 13.8 Å². The van der Waals surface area contributed by atoms with E-state index in [0.29, 0.717) is 49.0 Å². The van der Waals surface area contributed by atoms with E-state index in [2.05, 4.69) is 0 Å². The number of hydrogen-bond acceptors (Lipinski definition) is 5. The summed E-state index contributed by atoms with van der Waals surface area (Å²) in [6.45, 7) is 2.05. The summed E-state index contributed by atoms with van der Waals surface area (Å²) in [5, 5.41) is 1.77. The van der Waals surface area contributed by atoms with E-state index in [9.17, 15) is 13.2 Å². The van der Waals surface area contributed by atoms with Crippen LogP contribution in [0.15, 0.2) is 63.2 Å². The number of halogens is 1. The van der Waals surface area contributed by atoms with Crippen molar-refractivity contribution in [3.63, 3.8) is 0 Å².